The molecule has 1 aliphatic rings. The Balaban J connectivity index is 1.78. The topological polar surface area (TPSA) is 66.8 Å². The van der Waals surface area contributed by atoms with E-state index in [0.717, 1.165) is 10.4 Å². The summed E-state index contributed by atoms with van der Waals surface area (Å²) < 4.78 is 19.1. The molecule has 7 heteroatoms. The van der Waals surface area contributed by atoms with Gasteiger partial charge in [0.1, 0.15) is 17.3 Å². The predicted octanol–water partition coefficient (Wildman–Crippen LogP) is 5.60. The Hall–Kier alpha value is -3.45. The van der Waals surface area contributed by atoms with Crippen LogP contribution in [0.3, 0.4) is 0 Å². The second-order valence-corrected chi connectivity index (χ2v) is 9.20. The molecule has 33 heavy (non-hydrogen) atoms. The number of hydrogen-bond donors (Lipinski definition) is 1. The summed E-state index contributed by atoms with van der Waals surface area (Å²) in [4.78, 5) is 28.3. The summed E-state index contributed by atoms with van der Waals surface area (Å²) in [6.45, 7) is 5.83. The minimum atomic E-state index is -0.742. The van der Waals surface area contributed by atoms with Gasteiger partial charge in [0.25, 0.3) is 11.7 Å². The minimum Gasteiger partial charge on any atom is -0.507 e. The molecule has 1 amide bonds. The molecule has 3 aromatic rings. The van der Waals surface area contributed by atoms with Gasteiger partial charge in [-0.1, -0.05) is 18.2 Å². The molecule has 0 saturated carbocycles. The average Bonchev–Trinajstić information content (AvgIpc) is 3.39. The molecular formula is C26H24FNO4S. The van der Waals surface area contributed by atoms with Gasteiger partial charge in [-0.2, -0.15) is 0 Å². The first kappa shape index (κ1) is 22.7. The van der Waals surface area contributed by atoms with E-state index in [4.69, 9.17) is 4.74 Å². The molecular weight excluding hydrogens is 441 g/mol. The van der Waals surface area contributed by atoms with Crippen molar-refractivity contribution in [2.24, 2.45) is 0 Å². The summed E-state index contributed by atoms with van der Waals surface area (Å²) in [5, 5.41) is 13.0. The van der Waals surface area contributed by atoms with Gasteiger partial charge >= 0.3 is 0 Å². The highest BCUT2D eigenvalue weighted by Gasteiger charge is 2.46. The molecule has 1 N–H and O–H groups in total. The second kappa shape index (κ2) is 9.19. The van der Waals surface area contributed by atoms with E-state index in [1.54, 1.807) is 30.3 Å². The van der Waals surface area contributed by atoms with Crippen LogP contribution in [-0.2, 0) is 16.1 Å². The van der Waals surface area contributed by atoms with Crippen LogP contribution in [0.1, 0.15) is 41.5 Å². The monoisotopic (exact) mass is 465 g/mol. The van der Waals surface area contributed by atoms with Crippen LogP contribution in [0.15, 0.2) is 65.6 Å². The predicted molar refractivity (Wildman–Crippen MR) is 126 cm³/mol. The number of nitrogens with zero attached hydrogens (tertiary/aromatic N) is 1. The maximum absolute atomic E-state index is 13.3. The smallest absolute Gasteiger partial charge is 0.295 e. The van der Waals surface area contributed by atoms with Crippen molar-refractivity contribution in [2.45, 2.75) is 39.5 Å². The van der Waals surface area contributed by atoms with Gasteiger partial charge in [-0.3, -0.25) is 9.59 Å². The zero-order valence-electron chi connectivity index (χ0n) is 18.5. The largest absolute Gasteiger partial charge is 0.507 e. The molecule has 0 radical (unpaired) electrons. The number of rotatable bonds is 6. The molecule has 170 valence electrons. The van der Waals surface area contributed by atoms with E-state index in [9.17, 15) is 19.1 Å². The Kier molecular flexibility index (Phi) is 6.33. The summed E-state index contributed by atoms with van der Waals surface area (Å²) >= 11 is 1.40. The van der Waals surface area contributed by atoms with Crippen LogP contribution in [-0.4, -0.2) is 27.8 Å². The zero-order chi connectivity index (χ0) is 23.7. The van der Waals surface area contributed by atoms with Crippen molar-refractivity contribution < 1.29 is 23.8 Å². The molecule has 2 aromatic carbocycles. The Morgan fingerprint density at radius 2 is 1.88 bits per heavy atom. The highest BCUT2D eigenvalue weighted by molar-refractivity contribution is 7.10. The number of likely N-dealkylation sites (tertiary alicyclic amines) is 1. The number of aliphatic hydroxyl groups is 1. The summed E-state index contributed by atoms with van der Waals surface area (Å²) in [6.07, 6.45) is -0.00115. The number of carbonyl (C=O) groups is 2. The van der Waals surface area contributed by atoms with E-state index in [2.05, 4.69) is 0 Å². The molecule has 1 unspecified atom stereocenters. The lowest BCUT2D eigenvalue weighted by molar-refractivity contribution is -0.140. The number of Topliss-reactive ketones (excluding diaryl/α,β-unsaturated/α-hetero) is 1. The molecule has 1 atom stereocenters. The summed E-state index contributed by atoms with van der Waals surface area (Å²) in [5.74, 6) is -1.36. The maximum Gasteiger partial charge on any atom is 0.295 e. The van der Waals surface area contributed by atoms with Gasteiger partial charge in [0.05, 0.1) is 17.7 Å². The van der Waals surface area contributed by atoms with Crippen LogP contribution in [0, 0.1) is 12.7 Å². The van der Waals surface area contributed by atoms with E-state index in [1.807, 2.05) is 38.3 Å². The van der Waals surface area contributed by atoms with Crippen LogP contribution >= 0.6 is 11.3 Å². The van der Waals surface area contributed by atoms with Crippen molar-refractivity contribution in [3.05, 3.63) is 92.9 Å². The van der Waals surface area contributed by atoms with E-state index < -0.39 is 17.7 Å². The fraction of sp³-hybridized carbons (Fsp3) is 0.231. The number of halogens is 1. The third-order valence-corrected chi connectivity index (χ3v) is 6.35. The number of aryl methyl sites for hydroxylation is 1. The van der Waals surface area contributed by atoms with Gasteiger partial charge in [0.2, 0.25) is 0 Å². The van der Waals surface area contributed by atoms with Crippen LogP contribution in [0.5, 0.6) is 5.75 Å². The molecule has 0 spiro atoms. The number of aliphatic hydroxyl groups excluding tert-OH is 1. The molecule has 4 rings (SSSR count). The van der Waals surface area contributed by atoms with Crippen molar-refractivity contribution in [2.75, 3.05) is 0 Å². The second-order valence-electron chi connectivity index (χ2n) is 8.22. The Morgan fingerprint density at radius 3 is 2.48 bits per heavy atom. The lowest BCUT2D eigenvalue weighted by Crippen LogP contribution is -2.28. The standard InChI is InChI=1S/C26H24FNO4S/c1-15(2)32-20-11-8-18(13-16(20)3)24(29)22-23(21-5-4-12-33-21)28(26(31)25(22)30)14-17-6-9-19(27)10-7-17/h4-13,15,23,29H,14H2,1-3H3/b24-22-. The number of hydrogen-bond acceptors (Lipinski definition) is 5. The summed E-state index contributed by atoms with van der Waals surface area (Å²) in [6, 6.07) is 13.9. The van der Waals surface area contributed by atoms with Crippen molar-refractivity contribution in [1.82, 2.24) is 4.90 Å². The first-order chi connectivity index (χ1) is 15.8. The average molecular weight is 466 g/mol. The van der Waals surface area contributed by atoms with Crippen molar-refractivity contribution in [3.8, 4) is 5.75 Å². The fourth-order valence-electron chi connectivity index (χ4n) is 3.91. The van der Waals surface area contributed by atoms with Gasteiger partial charge in [0, 0.05) is 17.0 Å². The Bertz CT molecular complexity index is 1220. The minimum absolute atomic E-state index is 0.00115. The normalized spacial score (nSPS) is 17.7. The number of thiophene rings is 1. The first-order valence-corrected chi connectivity index (χ1v) is 11.5. The Labute approximate surface area is 195 Å². The van der Waals surface area contributed by atoms with Gasteiger partial charge in [-0.15, -0.1) is 11.3 Å². The molecule has 1 saturated heterocycles. The summed E-state index contributed by atoms with van der Waals surface area (Å²) in [7, 11) is 0. The number of ketones is 1. The van der Waals surface area contributed by atoms with Crippen molar-refractivity contribution >= 4 is 28.8 Å². The zero-order valence-corrected chi connectivity index (χ0v) is 19.4. The lowest BCUT2D eigenvalue weighted by Gasteiger charge is -2.24. The molecule has 0 aliphatic carbocycles. The molecule has 1 fully saturated rings. The van der Waals surface area contributed by atoms with E-state index >= 15 is 0 Å². The third-order valence-electron chi connectivity index (χ3n) is 5.43. The maximum atomic E-state index is 13.3. The number of amides is 1. The van der Waals surface area contributed by atoms with Crippen LogP contribution in [0.25, 0.3) is 5.76 Å². The number of carbonyl (C=O) groups excluding carboxylic acids is 2. The lowest BCUT2D eigenvalue weighted by atomic mass is 9.98. The van der Waals surface area contributed by atoms with Gasteiger partial charge in [-0.25, -0.2) is 4.39 Å². The van der Waals surface area contributed by atoms with Crippen molar-refractivity contribution in [3.63, 3.8) is 0 Å². The summed E-state index contributed by atoms with van der Waals surface area (Å²) in [5.41, 5.74) is 1.97. The van der Waals surface area contributed by atoms with Gasteiger partial charge in [-0.05, 0) is 73.7 Å². The highest BCUT2D eigenvalue weighted by Crippen LogP contribution is 2.42. The molecule has 1 aliphatic heterocycles. The van der Waals surface area contributed by atoms with Crippen LogP contribution in [0.4, 0.5) is 4.39 Å². The van der Waals surface area contributed by atoms with Gasteiger partial charge < -0.3 is 14.7 Å². The van der Waals surface area contributed by atoms with Crippen LogP contribution < -0.4 is 4.74 Å². The third kappa shape index (κ3) is 4.54. The van der Waals surface area contributed by atoms with Crippen LogP contribution in [0.2, 0.25) is 0 Å². The van der Waals surface area contributed by atoms with Gasteiger partial charge in [0.15, 0.2) is 0 Å². The Morgan fingerprint density at radius 1 is 1.15 bits per heavy atom. The van der Waals surface area contributed by atoms with E-state index in [1.165, 1.54) is 28.4 Å². The van der Waals surface area contributed by atoms with Crippen molar-refractivity contribution in [1.29, 1.82) is 0 Å². The molecule has 0 bridgehead atoms. The first-order valence-electron chi connectivity index (χ1n) is 10.6. The quantitative estimate of drug-likeness (QED) is 0.292. The number of ether oxygens (including phenoxy) is 1. The SMILES string of the molecule is Cc1cc(/C(O)=C2/C(=O)C(=O)N(Cc3ccc(F)cc3)C2c2cccs2)ccc1OC(C)C. The highest BCUT2D eigenvalue weighted by atomic mass is 32.1. The van der Waals surface area contributed by atoms with E-state index in [-0.39, 0.29) is 29.8 Å². The molecule has 1 aromatic heterocycles. The number of benzene rings is 2. The van der Waals surface area contributed by atoms with E-state index in [0.29, 0.717) is 16.9 Å². The molecule has 2 heterocycles. The molecule has 5 nitrogen and oxygen atoms in total. The fourth-order valence-corrected chi connectivity index (χ4v) is 4.76.